The number of hydrogen-bond donors (Lipinski definition) is 0. The second-order valence-electron chi connectivity index (χ2n) is 8.02. The van der Waals surface area contributed by atoms with E-state index < -0.39 is 0 Å². The maximum Gasteiger partial charge on any atom is 0.338 e. The Hall–Kier alpha value is -3.60. The standard InChI is InChI=1S/C28H29NO4/c1-4-7-16-32-28(31)22-11-9-8-10-21(22)27-23-14-12-19(29(5-2)6-3)17-25(23)33-26-18-20(30)13-15-24(26)27/h8-15,17-18H,4-7,16H2,1-3H3. The van der Waals surface area contributed by atoms with Crippen molar-refractivity contribution in [1.82, 2.24) is 0 Å². The van der Waals surface area contributed by atoms with E-state index in [1.165, 1.54) is 12.1 Å². The Morgan fingerprint density at radius 1 is 0.939 bits per heavy atom. The highest BCUT2D eigenvalue weighted by Gasteiger charge is 2.22. The lowest BCUT2D eigenvalue weighted by atomic mass is 9.90. The highest BCUT2D eigenvalue weighted by Crippen LogP contribution is 2.42. The molecule has 0 fully saturated rings. The fourth-order valence-corrected chi connectivity index (χ4v) is 4.20. The molecular formula is C28H29NO4. The van der Waals surface area contributed by atoms with Gasteiger partial charge in [0.2, 0.25) is 0 Å². The van der Waals surface area contributed by atoms with Crippen LogP contribution in [-0.4, -0.2) is 25.7 Å². The number of carbonyl (C=O) groups excluding carboxylic acids is 1. The molecule has 0 amide bonds. The molecule has 0 unspecified atom stereocenters. The number of rotatable bonds is 8. The Bertz CT molecular complexity index is 1300. The highest BCUT2D eigenvalue weighted by atomic mass is 16.5. The summed E-state index contributed by atoms with van der Waals surface area (Å²) in [5.41, 5.74) is 4.50. The van der Waals surface area contributed by atoms with Crippen molar-refractivity contribution in [2.45, 2.75) is 33.6 Å². The number of unbranched alkanes of at least 4 members (excludes halogenated alkanes) is 1. The van der Waals surface area contributed by atoms with E-state index in [0.717, 1.165) is 53.7 Å². The van der Waals surface area contributed by atoms with Crippen LogP contribution in [0.25, 0.3) is 33.4 Å². The molecule has 0 saturated carbocycles. The van der Waals surface area contributed by atoms with Crippen molar-refractivity contribution in [3.8, 4) is 22.5 Å². The first-order valence-corrected chi connectivity index (χ1v) is 11.6. The fourth-order valence-electron chi connectivity index (χ4n) is 4.20. The van der Waals surface area contributed by atoms with Gasteiger partial charge in [-0.3, -0.25) is 4.79 Å². The minimum absolute atomic E-state index is 0.122. The number of hydrogen-bond acceptors (Lipinski definition) is 5. The van der Waals surface area contributed by atoms with Crippen molar-refractivity contribution >= 4 is 22.6 Å². The first-order chi connectivity index (χ1) is 16.1. The molecule has 2 aliphatic rings. The number of anilines is 1. The molecule has 0 saturated heterocycles. The lowest BCUT2D eigenvalue weighted by Gasteiger charge is -2.22. The summed E-state index contributed by atoms with van der Waals surface area (Å²) in [6, 6.07) is 18.4. The van der Waals surface area contributed by atoms with Gasteiger partial charge in [0.15, 0.2) is 5.43 Å². The minimum atomic E-state index is -0.346. The third-order valence-corrected chi connectivity index (χ3v) is 5.95. The van der Waals surface area contributed by atoms with E-state index in [0.29, 0.717) is 23.5 Å². The van der Waals surface area contributed by atoms with Crippen molar-refractivity contribution in [2.75, 3.05) is 24.6 Å². The Labute approximate surface area is 193 Å². The zero-order valence-electron chi connectivity index (χ0n) is 19.4. The third kappa shape index (κ3) is 4.49. The van der Waals surface area contributed by atoms with Gasteiger partial charge in [-0.05, 0) is 56.2 Å². The van der Waals surface area contributed by atoms with E-state index in [4.69, 9.17) is 9.15 Å². The lowest BCUT2D eigenvalue weighted by Crippen LogP contribution is -2.21. The number of fused-ring (bicyclic) bond motifs is 2. The van der Waals surface area contributed by atoms with E-state index in [1.807, 2.05) is 30.3 Å². The van der Waals surface area contributed by atoms with Crippen molar-refractivity contribution in [2.24, 2.45) is 0 Å². The summed E-state index contributed by atoms with van der Waals surface area (Å²) in [5, 5.41) is 0.880. The van der Waals surface area contributed by atoms with Gasteiger partial charge in [0.1, 0.15) is 11.3 Å². The van der Waals surface area contributed by atoms with Crippen LogP contribution in [0.5, 0.6) is 0 Å². The summed E-state index contributed by atoms with van der Waals surface area (Å²) in [6.07, 6.45) is 1.78. The fraction of sp³-hybridized carbons (Fsp3) is 0.286. The van der Waals surface area contributed by atoms with E-state index in [9.17, 15) is 9.59 Å². The van der Waals surface area contributed by atoms with Gasteiger partial charge in [-0.1, -0.05) is 31.5 Å². The predicted molar refractivity (Wildman–Crippen MR) is 133 cm³/mol. The summed E-state index contributed by atoms with van der Waals surface area (Å²) in [6.45, 7) is 8.42. The summed E-state index contributed by atoms with van der Waals surface area (Å²) in [4.78, 5) is 27.3. The maximum atomic E-state index is 13.0. The van der Waals surface area contributed by atoms with Crippen LogP contribution >= 0.6 is 0 Å². The Morgan fingerprint density at radius 3 is 2.48 bits per heavy atom. The molecule has 1 aliphatic heterocycles. The van der Waals surface area contributed by atoms with Crippen molar-refractivity contribution < 1.29 is 13.9 Å². The van der Waals surface area contributed by atoms with Crippen LogP contribution in [0, 0.1) is 0 Å². The number of esters is 1. The summed E-state index contributed by atoms with van der Waals surface area (Å²) in [7, 11) is 0. The number of ether oxygens (including phenoxy) is 1. The van der Waals surface area contributed by atoms with Crippen LogP contribution in [0.15, 0.2) is 69.9 Å². The van der Waals surface area contributed by atoms with Crippen molar-refractivity contribution in [3.05, 3.63) is 76.5 Å². The molecule has 2 aromatic carbocycles. The molecule has 1 heterocycles. The topological polar surface area (TPSA) is 59.8 Å². The zero-order chi connectivity index (χ0) is 23.4. The number of nitrogens with zero attached hydrogens (tertiary/aromatic N) is 1. The Morgan fingerprint density at radius 2 is 1.73 bits per heavy atom. The molecule has 4 rings (SSSR count). The van der Waals surface area contributed by atoms with E-state index in [-0.39, 0.29) is 11.4 Å². The van der Waals surface area contributed by atoms with Gasteiger partial charge in [-0.15, -0.1) is 0 Å². The molecule has 0 radical (unpaired) electrons. The van der Waals surface area contributed by atoms with Crippen molar-refractivity contribution in [3.63, 3.8) is 0 Å². The van der Waals surface area contributed by atoms with Gasteiger partial charge in [-0.25, -0.2) is 4.79 Å². The van der Waals surface area contributed by atoms with E-state index in [1.54, 1.807) is 12.1 Å². The SMILES string of the molecule is CCCCOC(=O)c1ccccc1-c1c2ccc(=O)cc-2oc2cc(N(CC)CC)ccc12. The van der Waals surface area contributed by atoms with Crippen LogP contribution in [0.3, 0.4) is 0 Å². The van der Waals surface area contributed by atoms with Gasteiger partial charge in [-0.2, -0.15) is 0 Å². The average Bonchev–Trinajstić information content (AvgIpc) is 2.83. The van der Waals surface area contributed by atoms with Crippen LogP contribution in [0.2, 0.25) is 0 Å². The normalized spacial score (nSPS) is 11.1. The van der Waals surface area contributed by atoms with Crippen LogP contribution in [0.4, 0.5) is 5.69 Å². The monoisotopic (exact) mass is 443 g/mol. The summed E-state index contributed by atoms with van der Waals surface area (Å²) in [5.74, 6) is 0.150. The molecule has 2 aromatic rings. The molecule has 0 N–H and O–H groups in total. The lowest BCUT2D eigenvalue weighted by molar-refractivity contribution is 0.0500. The summed E-state index contributed by atoms with van der Waals surface area (Å²) < 4.78 is 11.7. The molecule has 0 bridgehead atoms. The predicted octanol–water partition coefficient (Wildman–Crippen LogP) is 6.37. The van der Waals surface area contributed by atoms with Gasteiger partial charge < -0.3 is 14.1 Å². The second kappa shape index (κ2) is 9.90. The van der Waals surface area contributed by atoms with E-state index in [2.05, 4.69) is 31.7 Å². The summed E-state index contributed by atoms with van der Waals surface area (Å²) >= 11 is 0. The van der Waals surface area contributed by atoms with Crippen LogP contribution in [-0.2, 0) is 4.74 Å². The molecule has 170 valence electrons. The van der Waals surface area contributed by atoms with Crippen molar-refractivity contribution in [1.29, 1.82) is 0 Å². The Balaban J connectivity index is 1.97. The minimum Gasteiger partial charge on any atom is -0.462 e. The highest BCUT2D eigenvalue weighted by molar-refractivity contribution is 6.08. The molecule has 33 heavy (non-hydrogen) atoms. The molecule has 1 aliphatic carbocycles. The molecule has 0 atom stereocenters. The first-order valence-electron chi connectivity index (χ1n) is 11.6. The molecule has 0 spiro atoms. The molecule has 5 nitrogen and oxygen atoms in total. The average molecular weight is 444 g/mol. The molecule has 0 aromatic heterocycles. The van der Waals surface area contributed by atoms with Crippen LogP contribution in [0.1, 0.15) is 44.0 Å². The second-order valence-corrected chi connectivity index (χ2v) is 8.02. The Kier molecular flexibility index (Phi) is 6.78. The number of carbonyl (C=O) groups is 1. The number of benzene rings is 3. The van der Waals surface area contributed by atoms with Gasteiger partial charge in [0.25, 0.3) is 0 Å². The van der Waals surface area contributed by atoms with Gasteiger partial charge in [0.05, 0.1) is 12.2 Å². The van der Waals surface area contributed by atoms with Gasteiger partial charge in [0, 0.05) is 47.4 Å². The molecular weight excluding hydrogens is 414 g/mol. The third-order valence-electron chi connectivity index (χ3n) is 5.95. The van der Waals surface area contributed by atoms with Crippen LogP contribution < -0.4 is 10.3 Å². The first kappa shape index (κ1) is 22.6. The van der Waals surface area contributed by atoms with E-state index >= 15 is 0 Å². The smallest absolute Gasteiger partial charge is 0.338 e. The quantitative estimate of drug-likeness (QED) is 0.180. The largest absolute Gasteiger partial charge is 0.462 e. The van der Waals surface area contributed by atoms with Gasteiger partial charge >= 0.3 is 5.97 Å². The maximum absolute atomic E-state index is 13.0. The molecule has 5 heteroatoms. The zero-order valence-corrected chi connectivity index (χ0v) is 19.4.